The van der Waals surface area contributed by atoms with E-state index >= 15 is 0 Å². The number of rotatable bonds is 5. The van der Waals surface area contributed by atoms with Crippen LogP contribution in [0.1, 0.15) is 57.4 Å². The molecule has 8 heteroatoms. The zero-order valence-electron chi connectivity index (χ0n) is 19.1. The summed E-state index contributed by atoms with van der Waals surface area (Å²) in [5, 5.41) is 12.2. The Hall–Kier alpha value is -3.21. The van der Waals surface area contributed by atoms with Gasteiger partial charge in [0.1, 0.15) is 17.7 Å². The first-order valence-electron chi connectivity index (χ1n) is 11.8. The molecule has 1 saturated heterocycles. The van der Waals surface area contributed by atoms with Crippen LogP contribution in [0.4, 0.5) is 16.2 Å². The summed E-state index contributed by atoms with van der Waals surface area (Å²) >= 11 is 0. The third kappa shape index (κ3) is 5.41. The van der Waals surface area contributed by atoms with Crippen LogP contribution in [0.3, 0.4) is 0 Å². The maximum absolute atomic E-state index is 14.1. The van der Waals surface area contributed by atoms with E-state index in [-0.39, 0.29) is 29.4 Å². The molecule has 1 amide bonds. The number of nitrogens with two attached hydrogens (primary N) is 1. The highest BCUT2D eigenvalue weighted by atomic mass is 19.1. The monoisotopic (exact) mass is 450 g/mol. The molecule has 1 aromatic carbocycles. The lowest BCUT2D eigenvalue weighted by molar-refractivity contribution is -0.125. The summed E-state index contributed by atoms with van der Waals surface area (Å²) in [7, 11) is 0. The first-order valence-corrected chi connectivity index (χ1v) is 11.8. The van der Waals surface area contributed by atoms with Gasteiger partial charge in [0.2, 0.25) is 11.9 Å². The van der Waals surface area contributed by atoms with E-state index in [9.17, 15) is 9.18 Å². The Labute approximate surface area is 194 Å². The van der Waals surface area contributed by atoms with E-state index in [4.69, 9.17) is 11.0 Å². The highest BCUT2D eigenvalue weighted by Gasteiger charge is 2.31. The Morgan fingerprint density at radius 1 is 1.21 bits per heavy atom. The molecule has 0 radical (unpaired) electrons. The van der Waals surface area contributed by atoms with Crippen LogP contribution in [0.15, 0.2) is 24.3 Å². The summed E-state index contributed by atoms with van der Waals surface area (Å²) in [5.41, 5.74) is 6.98. The summed E-state index contributed by atoms with van der Waals surface area (Å²) in [6.07, 6.45) is 7.93. The Morgan fingerprint density at radius 3 is 2.73 bits per heavy atom. The Balaban J connectivity index is 1.49. The number of piperidine rings is 1. The van der Waals surface area contributed by atoms with Crippen LogP contribution in [0, 0.1) is 29.0 Å². The van der Waals surface area contributed by atoms with Gasteiger partial charge >= 0.3 is 0 Å². The molecule has 2 unspecified atom stereocenters. The summed E-state index contributed by atoms with van der Waals surface area (Å²) < 4.78 is 14.1. The number of halogens is 1. The van der Waals surface area contributed by atoms with Crippen LogP contribution >= 0.6 is 0 Å². The molecule has 3 N–H and O–H groups in total. The molecule has 1 saturated carbocycles. The fourth-order valence-corrected chi connectivity index (χ4v) is 4.93. The summed E-state index contributed by atoms with van der Waals surface area (Å²) in [5.74, 6) is 0.696. The van der Waals surface area contributed by atoms with Gasteiger partial charge in [-0.25, -0.2) is 9.37 Å². The second kappa shape index (κ2) is 10.2. The number of nitrogens with zero attached hydrogens (tertiary/aromatic N) is 4. The van der Waals surface area contributed by atoms with Crippen molar-refractivity contribution in [3.63, 3.8) is 0 Å². The average Bonchev–Trinajstić information content (AvgIpc) is 2.83. The van der Waals surface area contributed by atoms with E-state index in [1.54, 1.807) is 12.1 Å². The predicted octanol–water partition coefficient (Wildman–Crippen LogP) is 4.04. The van der Waals surface area contributed by atoms with Crippen molar-refractivity contribution in [2.45, 2.75) is 57.9 Å². The number of hydrogen-bond acceptors (Lipinski definition) is 6. The third-order valence-corrected chi connectivity index (χ3v) is 6.95. The first-order chi connectivity index (χ1) is 15.9. The van der Waals surface area contributed by atoms with E-state index in [2.05, 4.69) is 27.1 Å². The van der Waals surface area contributed by atoms with E-state index < -0.39 is 5.82 Å². The summed E-state index contributed by atoms with van der Waals surface area (Å²) in [6.45, 7) is 3.42. The molecule has 1 aromatic heterocycles. The second-order valence-corrected chi connectivity index (χ2v) is 9.30. The highest BCUT2D eigenvalue weighted by Crippen LogP contribution is 2.30. The molecule has 174 valence electrons. The molecule has 1 aliphatic carbocycles. The number of aromatic nitrogens is 2. The van der Waals surface area contributed by atoms with E-state index in [1.165, 1.54) is 44.2 Å². The molecular weight excluding hydrogens is 419 g/mol. The fraction of sp³-hybridized carbons (Fsp3) is 0.520. The quantitative estimate of drug-likeness (QED) is 0.712. The van der Waals surface area contributed by atoms with E-state index in [0.717, 1.165) is 19.4 Å². The Bertz CT molecular complexity index is 1050. The topological polar surface area (TPSA) is 108 Å². The fourth-order valence-electron chi connectivity index (χ4n) is 4.93. The number of amides is 1. The number of benzene rings is 1. The van der Waals surface area contributed by atoms with Gasteiger partial charge in [-0.1, -0.05) is 25.3 Å². The Morgan fingerprint density at radius 2 is 2.00 bits per heavy atom. The van der Waals surface area contributed by atoms with Gasteiger partial charge in [-0.2, -0.15) is 10.2 Å². The van der Waals surface area contributed by atoms with Gasteiger partial charge in [-0.3, -0.25) is 4.79 Å². The van der Waals surface area contributed by atoms with Crippen molar-refractivity contribution in [1.82, 2.24) is 15.3 Å². The van der Waals surface area contributed by atoms with Crippen LogP contribution in [0.5, 0.6) is 0 Å². The van der Waals surface area contributed by atoms with Crippen molar-refractivity contribution >= 4 is 17.7 Å². The number of carbonyl (C=O) groups excluding carboxylic acids is 1. The lowest BCUT2D eigenvalue weighted by Gasteiger charge is -2.38. The molecule has 7 nitrogen and oxygen atoms in total. The smallest absolute Gasteiger partial charge is 0.224 e. The highest BCUT2D eigenvalue weighted by molar-refractivity contribution is 5.79. The summed E-state index contributed by atoms with van der Waals surface area (Å²) in [6, 6.07) is 8.14. The van der Waals surface area contributed by atoms with Crippen molar-refractivity contribution in [3.8, 4) is 17.3 Å². The molecule has 33 heavy (non-hydrogen) atoms. The van der Waals surface area contributed by atoms with Gasteiger partial charge < -0.3 is 16.0 Å². The molecule has 4 rings (SSSR count). The van der Waals surface area contributed by atoms with E-state index in [0.29, 0.717) is 29.5 Å². The molecule has 1 aliphatic heterocycles. The van der Waals surface area contributed by atoms with Gasteiger partial charge in [0.25, 0.3) is 0 Å². The third-order valence-electron chi connectivity index (χ3n) is 6.95. The van der Waals surface area contributed by atoms with Crippen molar-refractivity contribution in [3.05, 3.63) is 35.6 Å². The Kier molecular flexibility index (Phi) is 7.07. The van der Waals surface area contributed by atoms with Crippen molar-refractivity contribution in [1.29, 1.82) is 5.26 Å². The van der Waals surface area contributed by atoms with Crippen LogP contribution in [-0.4, -0.2) is 35.0 Å². The standard InChI is InChI=1S/C25H31FN6O/c1-16-7-8-20(24(33)29-14-17-5-3-2-4-6-17)15-32(16)23-12-22(30-25(28)31-23)18-9-10-19(13-27)21(26)11-18/h9-12,16-17,20H,2-8,14-15H2,1H3,(H,29,33)(H2,28,30,31). The minimum atomic E-state index is -0.602. The first kappa shape index (κ1) is 23.0. The molecule has 2 aromatic rings. The molecule has 2 fully saturated rings. The molecule has 2 aliphatic rings. The zero-order chi connectivity index (χ0) is 23.4. The molecule has 2 atom stereocenters. The van der Waals surface area contributed by atoms with Crippen LogP contribution in [-0.2, 0) is 4.79 Å². The van der Waals surface area contributed by atoms with Gasteiger partial charge in [0, 0.05) is 30.8 Å². The van der Waals surface area contributed by atoms with Crippen LogP contribution < -0.4 is 16.0 Å². The van der Waals surface area contributed by atoms with Gasteiger partial charge in [0.05, 0.1) is 17.2 Å². The number of hydrogen-bond donors (Lipinski definition) is 2. The SMILES string of the molecule is CC1CCC(C(=O)NCC2CCCCC2)CN1c1cc(-c2ccc(C#N)c(F)c2)nc(N)n1. The number of anilines is 2. The zero-order valence-corrected chi connectivity index (χ0v) is 19.1. The maximum Gasteiger partial charge on any atom is 0.224 e. The largest absolute Gasteiger partial charge is 0.368 e. The van der Waals surface area contributed by atoms with Gasteiger partial charge in [0.15, 0.2) is 0 Å². The maximum atomic E-state index is 14.1. The predicted molar refractivity (Wildman–Crippen MR) is 126 cm³/mol. The number of nitrogen functional groups attached to an aromatic ring is 1. The molecule has 2 heterocycles. The normalized spacial score (nSPS) is 21.4. The summed E-state index contributed by atoms with van der Waals surface area (Å²) in [4.78, 5) is 23.7. The molecular formula is C25H31FN6O. The van der Waals surface area contributed by atoms with Crippen molar-refractivity contribution < 1.29 is 9.18 Å². The van der Waals surface area contributed by atoms with Crippen molar-refractivity contribution in [2.75, 3.05) is 23.7 Å². The number of carbonyl (C=O) groups is 1. The van der Waals surface area contributed by atoms with E-state index in [1.807, 2.05) is 6.07 Å². The molecule has 0 bridgehead atoms. The molecule has 0 spiro atoms. The van der Waals surface area contributed by atoms with Gasteiger partial charge in [-0.15, -0.1) is 0 Å². The average molecular weight is 451 g/mol. The van der Waals surface area contributed by atoms with Crippen molar-refractivity contribution in [2.24, 2.45) is 11.8 Å². The lowest BCUT2D eigenvalue weighted by atomic mass is 9.88. The lowest BCUT2D eigenvalue weighted by Crippen LogP contribution is -2.48. The number of nitrogens with one attached hydrogen (secondary N) is 1. The van der Waals surface area contributed by atoms with Crippen LogP contribution in [0.25, 0.3) is 11.3 Å². The minimum absolute atomic E-state index is 0.0206. The van der Waals surface area contributed by atoms with Crippen LogP contribution in [0.2, 0.25) is 0 Å². The second-order valence-electron chi connectivity index (χ2n) is 9.30. The van der Waals surface area contributed by atoms with Gasteiger partial charge in [-0.05, 0) is 50.7 Å². The minimum Gasteiger partial charge on any atom is -0.368 e. The number of nitriles is 1.